The second-order valence-electron chi connectivity index (χ2n) is 6.76. The second kappa shape index (κ2) is 5.59. The van der Waals surface area contributed by atoms with Crippen LogP contribution in [0.15, 0.2) is 18.2 Å². The van der Waals surface area contributed by atoms with Gasteiger partial charge in [0, 0.05) is 62.3 Å². The van der Waals surface area contributed by atoms with Gasteiger partial charge in [0.15, 0.2) is 0 Å². The van der Waals surface area contributed by atoms with E-state index in [4.69, 9.17) is 5.11 Å². The summed E-state index contributed by atoms with van der Waals surface area (Å²) in [6.45, 7) is 2.22. The molecule has 2 fully saturated rings. The van der Waals surface area contributed by atoms with Crippen molar-refractivity contribution in [3.05, 3.63) is 29.3 Å². The summed E-state index contributed by atoms with van der Waals surface area (Å²) in [5.74, 6) is -0.455. The van der Waals surface area contributed by atoms with E-state index in [0.717, 1.165) is 24.3 Å². The van der Waals surface area contributed by atoms with Crippen molar-refractivity contribution >= 4 is 23.4 Å². The average molecular weight is 329 g/mol. The Balaban J connectivity index is 1.52. The van der Waals surface area contributed by atoms with Gasteiger partial charge in [-0.3, -0.25) is 19.7 Å². The van der Waals surface area contributed by atoms with Gasteiger partial charge in [-0.15, -0.1) is 0 Å². The molecule has 0 unspecified atom stereocenters. The van der Waals surface area contributed by atoms with Crippen LogP contribution >= 0.6 is 0 Å². The lowest BCUT2D eigenvalue weighted by Crippen LogP contribution is -2.48. The van der Waals surface area contributed by atoms with Gasteiger partial charge in [-0.2, -0.15) is 0 Å². The molecule has 0 spiro atoms. The number of nitrogens with zero attached hydrogens (tertiary/aromatic N) is 2. The van der Waals surface area contributed by atoms with Crippen molar-refractivity contribution in [1.29, 1.82) is 0 Å². The van der Waals surface area contributed by atoms with Gasteiger partial charge in [0.05, 0.1) is 0 Å². The second-order valence-corrected chi connectivity index (χ2v) is 6.76. The number of carbonyl (C=O) groups is 3. The van der Waals surface area contributed by atoms with Crippen LogP contribution in [0.4, 0.5) is 5.69 Å². The fraction of sp³-hybridized carbons (Fsp3) is 0.471. The lowest BCUT2D eigenvalue weighted by atomic mass is 9.99. The van der Waals surface area contributed by atoms with E-state index in [1.807, 2.05) is 18.2 Å². The standard InChI is InChI=1S/C17H19N3O4/c21-9-10-6-19(7-10)12-2-1-11-8-20(17(24)14(11)3-12)13-4-15(22)18-16(23)5-13/h1-3,10,13,21H,4-9H2,(H,18,22,23). The van der Waals surface area contributed by atoms with Crippen LogP contribution in [-0.4, -0.2) is 53.5 Å². The molecule has 24 heavy (non-hydrogen) atoms. The van der Waals surface area contributed by atoms with Crippen LogP contribution in [0.1, 0.15) is 28.8 Å². The lowest BCUT2D eigenvalue weighted by molar-refractivity contribution is -0.135. The molecule has 7 nitrogen and oxygen atoms in total. The molecule has 2 saturated heterocycles. The molecule has 0 bridgehead atoms. The van der Waals surface area contributed by atoms with E-state index >= 15 is 0 Å². The van der Waals surface area contributed by atoms with E-state index in [1.165, 1.54) is 0 Å². The Hall–Kier alpha value is -2.41. The zero-order chi connectivity index (χ0) is 16.8. The molecule has 4 rings (SSSR count). The summed E-state index contributed by atoms with van der Waals surface area (Å²) in [6, 6.07) is 5.45. The number of rotatable bonds is 3. The first-order chi connectivity index (χ1) is 11.5. The maximum Gasteiger partial charge on any atom is 0.254 e. The van der Waals surface area contributed by atoms with Crippen molar-refractivity contribution in [2.75, 3.05) is 24.6 Å². The predicted molar refractivity (Wildman–Crippen MR) is 85.3 cm³/mol. The highest BCUT2D eigenvalue weighted by Crippen LogP contribution is 2.32. The van der Waals surface area contributed by atoms with Gasteiger partial charge in [0.1, 0.15) is 0 Å². The minimum atomic E-state index is -0.364. The Kier molecular flexibility index (Phi) is 3.53. The predicted octanol–water partition coefficient (Wildman–Crippen LogP) is -0.124. The van der Waals surface area contributed by atoms with Crippen molar-refractivity contribution in [1.82, 2.24) is 10.2 Å². The summed E-state index contributed by atoms with van der Waals surface area (Å²) >= 11 is 0. The highest BCUT2D eigenvalue weighted by molar-refractivity contribution is 6.02. The largest absolute Gasteiger partial charge is 0.396 e. The first-order valence-corrected chi connectivity index (χ1v) is 8.17. The number of nitrogens with one attached hydrogen (secondary N) is 1. The third-order valence-electron chi connectivity index (χ3n) is 5.07. The van der Waals surface area contributed by atoms with Gasteiger partial charge in [-0.05, 0) is 17.7 Å². The maximum atomic E-state index is 12.7. The summed E-state index contributed by atoms with van der Waals surface area (Å²) < 4.78 is 0. The van der Waals surface area contributed by atoms with Crippen LogP contribution in [0.25, 0.3) is 0 Å². The van der Waals surface area contributed by atoms with Crippen LogP contribution in [0, 0.1) is 5.92 Å². The van der Waals surface area contributed by atoms with Gasteiger partial charge in [-0.1, -0.05) is 6.07 Å². The Morgan fingerprint density at radius 2 is 1.83 bits per heavy atom. The van der Waals surface area contributed by atoms with Crippen LogP contribution in [0.2, 0.25) is 0 Å². The number of amides is 3. The van der Waals surface area contributed by atoms with Crippen molar-refractivity contribution < 1.29 is 19.5 Å². The number of hydrogen-bond acceptors (Lipinski definition) is 5. The molecule has 126 valence electrons. The van der Waals surface area contributed by atoms with Crippen molar-refractivity contribution in [2.24, 2.45) is 5.92 Å². The molecule has 3 amide bonds. The maximum absolute atomic E-state index is 12.7. The minimum absolute atomic E-state index is 0.112. The number of carbonyl (C=O) groups excluding carboxylic acids is 3. The Morgan fingerprint density at radius 3 is 2.50 bits per heavy atom. The molecule has 0 aromatic heterocycles. The number of fused-ring (bicyclic) bond motifs is 1. The third kappa shape index (κ3) is 2.45. The van der Waals surface area contributed by atoms with Gasteiger partial charge >= 0.3 is 0 Å². The number of benzene rings is 1. The molecular formula is C17H19N3O4. The minimum Gasteiger partial charge on any atom is -0.396 e. The first-order valence-electron chi connectivity index (χ1n) is 8.17. The van der Waals surface area contributed by atoms with E-state index < -0.39 is 0 Å². The van der Waals surface area contributed by atoms with Crippen molar-refractivity contribution in [3.8, 4) is 0 Å². The van der Waals surface area contributed by atoms with Crippen molar-refractivity contribution in [2.45, 2.75) is 25.4 Å². The van der Waals surface area contributed by atoms with Gasteiger partial charge in [0.25, 0.3) is 5.91 Å². The lowest BCUT2D eigenvalue weighted by Gasteiger charge is -2.40. The van der Waals surface area contributed by atoms with Crippen LogP contribution < -0.4 is 10.2 Å². The van der Waals surface area contributed by atoms with Gasteiger partial charge in [-0.25, -0.2) is 0 Å². The number of imide groups is 1. The molecule has 0 radical (unpaired) electrons. The first kappa shape index (κ1) is 15.1. The van der Waals surface area contributed by atoms with E-state index in [-0.39, 0.29) is 43.2 Å². The summed E-state index contributed by atoms with van der Waals surface area (Å²) in [7, 11) is 0. The molecular weight excluding hydrogens is 310 g/mol. The highest BCUT2D eigenvalue weighted by atomic mass is 16.3. The van der Waals surface area contributed by atoms with E-state index in [2.05, 4.69) is 10.2 Å². The summed E-state index contributed by atoms with van der Waals surface area (Å²) in [5, 5.41) is 11.4. The average Bonchev–Trinajstić information content (AvgIpc) is 2.82. The van der Waals surface area contributed by atoms with Gasteiger partial charge < -0.3 is 14.9 Å². The smallest absolute Gasteiger partial charge is 0.254 e. The quantitative estimate of drug-likeness (QED) is 0.755. The molecule has 0 saturated carbocycles. The zero-order valence-electron chi connectivity index (χ0n) is 13.2. The number of piperidine rings is 1. The Bertz CT molecular complexity index is 711. The number of anilines is 1. The molecule has 3 aliphatic rings. The topological polar surface area (TPSA) is 90.0 Å². The van der Waals surface area contributed by atoms with E-state index in [1.54, 1.807) is 4.90 Å². The molecule has 3 aliphatic heterocycles. The van der Waals surface area contributed by atoms with Crippen molar-refractivity contribution in [3.63, 3.8) is 0 Å². The zero-order valence-corrected chi connectivity index (χ0v) is 13.2. The molecule has 3 heterocycles. The number of aliphatic hydroxyl groups excluding tert-OH is 1. The Morgan fingerprint density at radius 1 is 1.12 bits per heavy atom. The summed E-state index contributed by atoms with van der Waals surface area (Å²) in [4.78, 5) is 39.7. The molecule has 1 aromatic rings. The molecule has 0 atom stereocenters. The fourth-order valence-electron chi connectivity index (χ4n) is 3.68. The molecule has 2 N–H and O–H groups in total. The molecule has 0 aliphatic carbocycles. The summed E-state index contributed by atoms with van der Waals surface area (Å²) in [5.41, 5.74) is 2.56. The fourth-order valence-corrected chi connectivity index (χ4v) is 3.68. The molecule has 7 heteroatoms. The van der Waals surface area contributed by atoms with Crippen LogP contribution in [0.3, 0.4) is 0 Å². The highest BCUT2D eigenvalue weighted by Gasteiger charge is 2.38. The van der Waals surface area contributed by atoms with Gasteiger partial charge in [0.2, 0.25) is 11.8 Å². The van der Waals surface area contributed by atoms with E-state index in [9.17, 15) is 14.4 Å². The third-order valence-corrected chi connectivity index (χ3v) is 5.07. The van der Waals surface area contributed by atoms with E-state index in [0.29, 0.717) is 18.0 Å². The Labute approximate surface area is 139 Å². The number of hydrogen-bond donors (Lipinski definition) is 2. The molecule has 1 aromatic carbocycles. The normalized spacial score (nSPS) is 21.8. The number of aliphatic hydroxyl groups is 1. The monoisotopic (exact) mass is 329 g/mol. The summed E-state index contributed by atoms with van der Waals surface area (Å²) in [6.07, 6.45) is 0.339. The van der Waals surface area contributed by atoms with Crippen LogP contribution in [-0.2, 0) is 16.1 Å². The van der Waals surface area contributed by atoms with Crippen LogP contribution in [0.5, 0.6) is 0 Å². The SMILES string of the molecule is O=C1CC(N2Cc3ccc(N4CC(CO)C4)cc3C2=O)CC(=O)N1.